The molecule has 0 radical (unpaired) electrons. The first-order valence-corrected chi connectivity index (χ1v) is 3.63. The Bertz CT molecular complexity index is 179. The number of amides is 1. The van der Waals surface area contributed by atoms with Crippen LogP contribution in [0.3, 0.4) is 0 Å². The summed E-state index contributed by atoms with van der Waals surface area (Å²) in [5.74, 6) is -1.17. The zero-order chi connectivity index (χ0) is 9.72. The van der Waals surface area contributed by atoms with Crippen LogP contribution >= 0.6 is 0 Å². The molecule has 5 nitrogen and oxygen atoms in total. The molecular weight excluding hydrogens is 160 g/mol. The van der Waals surface area contributed by atoms with Crippen LogP contribution in [-0.2, 0) is 9.59 Å². The molecule has 0 saturated carbocycles. The number of carboxylic acids is 1. The fraction of sp³-hybridized carbons (Fsp3) is 0.714. The Morgan fingerprint density at radius 2 is 2.00 bits per heavy atom. The minimum absolute atomic E-state index is 0.105. The van der Waals surface area contributed by atoms with Gasteiger partial charge in [0.2, 0.25) is 5.91 Å². The van der Waals surface area contributed by atoms with Gasteiger partial charge >= 0.3 is 5.97 Å². The van der Waals surface area contributed by atoms with Crippen molar-refractivity contribution < 1.29 is 14.7 Å². The maximum atomic E-state index is 10.9. The summed E-state index contributed by atoms with van der Waals surface area (Å²) in [6, 6.07) is -0.936. The standard InChI is InChI=1S/C7H14N2O3/c1-9(2)6(10)4-3-5(8)7(11)12/h5H,3-4,8H2,1-2H3,(H,11,12)/t5-/m1/s1. The summed E-state index contributed by atoms with van der Waals surface area (Å²) < 4.78 is 0. The van der Waals surface area contributed by atoms with Crippen LogP contribution in [-0.4, -0.2) is 42.0 Å². The molecule has 0 aromatic rings. The summed E-state index contributed by atoms with van der Waals surface area (Å²) in [4.78, 5) is 22.6. The zero-order valence-electron chi connectivity index (χ0n) is 7.28. The molecule has 0 aliphatic carbocycles. The van der Waals surface area contributed by atoms with Gasteiger partial charge in [-0.2, -0.15) is 0 Å². The fourth-order valence-electron chi connectivity index (χ4n) is 0.626. The average molecular weight is 174 g/mol. The molecule has 3 N–H and O–H groups in total. The Balaban J connectivity index is 3.69. The van der Waals surface area contributed by atoms with Gasteiger partial charge in [0, 0.05) is 20.5 Å². The first-order valence-electron chi connectivity index (χ1n) is 3.63. The van der Waals surface area contributed by atoms with E-state index in [1.165, 1.54) is 4.90 Å². The van der Waals surface area contributed by atoms with Crippen LogP contribution in [0.4, 0.5) is 0 Å². The van der Waals surface area contributed by atoms with Crippen LogP contribution in [0.1, 0.15) is 12.8 Å². The third kappa shape index (κ3) is 3.92. The van der Waals surface area contributed by atoms with Crippen molar-refractivity contribution in [1.82, 2.24) is 4.90 Å². The molecule has 0 saturated heterocycles. The topological polar surface area (TPSA) is 83.6 Å². The van der Waals surface area contributed by atoms with E-state index < -0.39 is 12.0 Å². The number of rotatable bonds is 4. The Hall–Kier alpha value is -1.10. The molecule has 0 rings (SSSR count). The predicted octanol–water partition coefficient (Wildman–Crippen LogP) is -0.733. The lowest BCUT2D eigenvalue weighted by atomic mass is 10.1. The summed E-state index contributed by atoms with van der Waals surface area (Å²) >= 11 is 0. The molecule has 12 heavy (non-hydrogen) atoms. The number of aliphatic carboxylic acids is 1. The van der Waals surface area contributed by atoms with Crippen molar-refractivity contribution in [3.8, 4) is 0 Å². The highest BCUT2D eigenvalue weighted by Gasteiger charge is 2.13. The lowest BCUT2D eigenvalue weighted by molar-refractivity contribution is -0.138. The molecule has 0 fully saturated rings. The molecule has 0 aromatic heterocycles. The normalized spacial score (nSPS) is 12.2. The van der Waals surface area contributed by atoms with Crippen LogP contribution in [0, 0.1) is 0 Å². The van der Waals surface area contributed by atoms with Crippen molar-refractivity contribution in [3.05, 3.63) is 0 Å². The number of carboxylic acid groups (broad SMARTS) is 1. The van der Waals surface area contributed by atoms with E-state index in [-0.39, 0.29) is 18.7 Å². The van der Waals surface area contributed by atoms with Crippen LogP contribution in [0.2, 0.25) is 0 Å². The Labute approximate surface area is 71.1 Å². The molecule has 0 aliphatic heterocycles. The van der Waals surface area contributed by atoms with Gasteiger partial charge in [-0.3, -0.25) is 9.59 Å². The minimum Gasteiger partial charge on any atom is -0.480 e. The quantitative estimate of drug-likeness (QED) is 0.588. The first kappa shape index (κ1) is 10.9. The summed E-state index contributed by atoms with van der Waals surface area (Å²) in [6.45, 7) is 0. The number of nitrogens with two attached hydrogens (primary N) is 1. The van der Waals surface area contributed by atoms with Gasteiger partial charge in [0.25, 0.3) is 0 Å². The highest BCUT2D eigenvalue weighted by atomic mass is 16.4. The Kier molecular flexibility index (Phi) is 4.28. The monoisotopic (exact) mass is 174 g/mol. The van der Waals surface area contributed by atoms with Gasteiger partial charge in [-0.1, -0.05) is 0 Å². The van der Waals surface area contributed by atoms with Gasteiger partial charge in [0.1, 0.15) is 6.04 Å². The number of hydrogen-bond acceptors (Lipinski definition) is 3. The Morgan fingerprint density at radius 3 is 2.33 bits per heavy atom. The van der Waals surface area contributed by atoms with Crippen molar-refractivity contribution >= 4 is 11.9 Å². The smallest absolute Gasteiger partial charge is 0.320 e. The number of nitrogens with zero attached hydrogens (tertiary/aromatic N) is 1. The van der Waals surface area contributed by atoms with E-state index in [9.17, 15) is 9.59 Å². The number of carbonyl (C=O) groups is 2. The molecule has 0 spiro atoms. The molecule has 1 amide bonds. The lowest BCUT2D eigenvalue weighted by Gasteiger charge is -2.10. The summed E-state index contributed by atoms with van der Waals surface area (Å²) in [5, 5.41) is 8.38. The lowest BCUT2D eigenvalue weighted by Crippen LogP contribution is -2.32. The van der Waals surface area contributed by atoms with Crippen molar-refractivity contribution in [2.75, 3.05) is 14.1 Å². The SMILES string of the molecule is CN(C)C(=O)CC[C@@H](N)C(=O)O. The molecular formula is C7H14N2O3. The number of carbonyl (C=O) groups excluding carboxylic acids is 1. The van der Waals surface area contributed by atoms with Crippen molar-refractivity contribution in [1.29, 1.82) is 0 Å². The van der Waals surface area contributed by atoms with Crippen molar-refractivity contribution in [3.63, 3.8) is 0 Å². The van der Waals surface area contributed by atoms with Crippen molar-refractivity contribution in [2.45, 2.75) is 18.9 Å². The summed E-state index contributed by atoms with van der Waals surface area (Å²) in [7, 11) is 3.24. The number of hydrogen-bond donors (Lipinski definition) is 2. The highest BCUT2D eigenvalue weighted by Crippen LogP contribution is 1.97. The largest absolute Gasteiger partial charge is 0.480 e. The Morgan fingerprint density at radius 1 is 1.50 bits per heavy atom. The summed E-state index contributed by atoms with van der Waals surface area (Å²) in [6.07, 6.45) is 0.368. The molecule has 0 aromatic carbocycles. The molecule has 0 bridgehead atoms. The second-order valence-electron chi connectivity index (χ2n) is 2.77. The van der Waals surface area contributed by atoms with Crippen LogP contribution in [0.5, 0.6) is 0 Å². The van der Waals surface area contributed by atoms with Gasteiger partial charge in [-0.25, -0.2) is 0 Å². The molecule has 0 aliphatic rings. The zero-order valence-corrected chi connectivity index (χ0v) is 7.28. The van der Waals surface area contributed by atoms with E-state index in [2.05, 4.69) is 0 Å². The molecule has 1 atom stereocenters. The third-order valence-corrected chi connectivity index (χ3v) is 1.49. The van der Waals surface area contributed by atoms with Gasteiger partial charge < -0.3 is 15.7 Å². The van der Waals surface area contributed by atoms with Crippen LogP contribution in [0.25, 0.3) is 0 Å². The summed E-state index contributed by atoms with van der Waals surface area (Å²) in [5.41, 5.74) is 5.19. The van der Waals surface area contributed by atoms with Gasteiger partial charge in [-0.15, -0.1) is 0 Å². The van der Waals surface area contributed by atoms with Gasteiger partial charge in [0.15, 0.2) is 0 Å². The molecule has 5 heteroatoms. The van der Waals surface area contributed by atoms with Crippen molar-refractivity contribution in [2.24, 2.45) is 5.73 Å². The van der Waals surface area contributed by atoms with Gasteiger partial charge in [0.05, 0.1) is 0 Å². The average Bonchev–Trinajstić information content (AvgIpc) is 1.98. The second-order valence-corrected chi connectivity index (χ2v) is 2.77. The van der Waals surface area contributed by atoms with Gasteiger partial charge in [-0.05, 0) is 6.42 Å². The van der Waals surface area contributed by atoms with E-state index >= 15 is 0 Å². The maximum Gasteiger partial charge on any atom is 0.320 e. The second kappa shape index (κ2) is 4.71. The van der Waals surface area contributed by atoms with E-state index in [4.69, 9.17) is 10.8 Å². The molecule has 0 heterocycles. The molecule has 0 unspecified atom stereocenters. The maximum absolute atomic E-state index is 10.9. The first-order chi connectivity index (χ1) is 5.45. The predicted molar refractivity (Wildman–Crippen MR) is 43.5 cm³/mol. The highest BCUT2D eigenvalue weighted by molar-refractivity contribution is 5.78. The van der Waals surface area contributed by atoms with E-state index in [1.807, 2.05) is 0 Å². The molecule has 70 valence electrons. The van der Waals surface area contributed by atoms with E-state index in [0.717, 1.165) is 0 Å². The fourth-order valence-corrected chi connectivity index (χ4v) is 0.626. The van der Waals surface area contributed by atoms with E-state index in [0.29, 0.717) is 0 Å². The van der Waals surface area contributed by atoms with Crippen LogP contribution < -0.4 is 5.73 Å². The minimum atomic E-state index is -1.07. The van der Waals surface area contributed by atoms with E-state index in [1.54, 1.807) is 14.1 Å². The van der Waals surface area contributed by atoms with Crippen LogP contribution in [0.15, 0.2) is 0 Å². The third-order valence-electron chi connectivity index (χ3n) is 1.49.